The molecule has 3 atom stereocenters. The SMILES string of the molecule is CC(C)(C)OC(=O)N1CC(C(=O)O)C2(CC3CCC(C2)N3)C1. The summed E-state index contributed by atoms with van der Waals surface area (Å²) in [5, 5.41) is 13.2. The van der Waals surface area contributed by atoms with Crippen molar-refractivity contribution in [2.75, 3.05) is 13.1 Å². The van der Waals surface area contributed by atoms with E-state index < -0.39 is 17.5 Å². The van der Waals surface area contributed by atoms with Gasteiger partial charge >= 0.3 is 12.1 Å². The largest absolute Gasteiger partial charge is 0.481 e. The molecule has 0 aromatic heterocycles. The molecule has 22 heavy (non-hydrogen) atoms. The van der Waals surface area contributed by atoms with Gasteiger partial charge in [-0.05, 0) is 46.5 Å². The van der Waals surface area contributed by atoms with E-state index in [4.69, 9.17) is 4.74 Å². The van der Waals surface area contributed by atoms with Crippen LogP contribution < -0.4 is 5.32 Å². The minimum absolute atomic E-state index is 0.268. The zero-order valence-electron chi connectivity index (χ0n) is 13.6. The lowest BCUT2D eigenvalue weighted by molar-refractivity contribution is -0.145. The fraction of sp³-hybridized carbons (Fsp3) is 0.875. The number of hydrogen-bond acceptors (Lipinski definition) is 4. The van der Waals surface area contributed by atoms with Crippen LogP contribution in [0.2, 0.25) is 0 Å². The number of likely N-dealkylation sites (tertiary alicyclic amines) is 1. The lowest BCUT2D eigenvalue weighted by Gasteiger charge is -2.40. The highest BCUT2D eigenvalue weighted by atomic mass is 16.6. The van der Waals surface area contributed by atoms with Gasteiger partial charge in [0, 0.05) is 30.6 Å². The first-order valence-corrected chi connectivity index (χ1v) is 8.15. The Balaban J connectivity index is 1.78. The number of carbonyl (C=O) groups excluding carboxylic acids is 1. The van der Waals surface area contributed by atoms with Gasteiger partial charge in [0.25, 0.3) is 0 Å². The Morgan fingerprint density at radius 1 is 1.23 bits per heavy atom. The fourth-order valence-corrected chi connectivity index (χ4v) is 4.48. The molecule has 1 amide bonds. The van der Waals surface area contributed by atoms with Gasteiger partial charge < -0.3 is 20.1 Å². The first-order valence-electron chi connectivity index (χ1n) is 8.15. The summed E-state index contributed by atoms with van der Waals surface area (Å²) < 4.78 is 5.43. The molecule has 0 saturated carbocycles. The number of hydrogen-bond donors (Lipinski definition) is 2. The predicted octanol–water partition coefficient (Wildman–Crippen LogP) is 1.84. The summed E-state index contributed by atoms with van der Waals surface area (Å²) >= 11 is 0. The average molecular weight is 310 g/mol. The van der Waals surface area contributed by atoms with Gasteiger partial charge in [0.2, 0.25) is 0 Å². The number of carbonyl (C=O) groups is 2. The van der Waals surface area contributed by atoms with Crippen LogP contribution in [-0.2, 0) is 9.53 Å². The quantitative estimate of drug-likeness (QED) is 0.772. The summed E-state index contributed by atoms with van der Waals surface area (Å²) in [7, 11) is 0. The molecule has 0 aromatic rings. The van der Waals surface area contributed by atoms with Crippen LogP contribution >= 0.6 is 0 Å². The second-order valence-corrected chi connectivity index (χ2v) is 8.16. The topological polar surface area (TPSA) is 78.9 Å². The van der Waals surface area contributed by atoms with Crippen molar-refractivity contribution in [1.82, 2.24) is 10.2 Å². The summed E-state index contributed by atoms with van der Waals surface area (Å²) in [6.45, 7) is 6.26. The Labute approximate surface area is 131 Å². The predicted molar refractivity (Wildman–Crippen MR) is 80.5 cm³/mol. The van der Waals surface area contributed by atoms with Crippen LogP contribution in [-0.4, -0.2) is 52.8 Å². The van der Waals surface area contributed by atoms with Crippen LogP contribution in [0.1, 0.15) is 46.5 Å². The van der Waals surface area contributed by atoms with Crippen molar-refractivity contribution >= 4 is 12.1 Å². The summed E-state index contributed by atoms with van der Waals surface area (Å²) in [6, 6.07) is 0.804. The van der Waals surface area contributed by atoms with Crippen LogP contribution in [0.25, 0.3) is 0 Å². The van der Waals surface area contributed by atoms with Crippen molar-refractivity contribution in [1.29, 1.82) is 0 Å². The zero-order valence-corrected chi connectivity index (χ0v) is 13.6. The van der Waals surface area contributed by atoms with E-state index in [-0.39, 0.29) is 18.1 Å². The highest BCUT2D eigenvalue weighted by molar-refractivity contribution is 5.75. The first kappa shape index (κ1) is 15.6. The number of ether oxygens (including phenoxy) is 1. The lowest BCUT2D eigenvalue weighted by atomic mass is 9.69. The highest BCUT2D eigenvalue weighted by Crippen LogP contribution is 2.49. The van der Waals surface area contributed by atoms with Gasteiger partial charge in [-0.3, -0.25) is 4.79 Å². The number of nitrogens with one attached hydrogen (secondary N) is 1. The maximum Gasteiger partial charge on any atom is 0.410 e. The maximum absolute atomic E-state index is 12.3. The van der Waals surface area contributed by atoms with E-state index in [0.29, 0.717) is 18.6 Å². The number of carboxylic acid groups (broad SMARTS) is 1. The monoisotopic (exact) mass is 310 g/mol. The van der Waals surface area contributed by atoms with E-state index in [2.05, 4.69) is 5.32 Å². The molecule has 3 rings (SSSR count). The molecule has 6 nitrogen and oxygen atoms in total. The Hall–Kier alpha value is -1.30. The van der Waals surface area contributed by atoms with Gasteiger partial charge in [-0.15, -0.1) is 0 Å². The molecule has 3 heterocycles. The fourth-order valence-electron chi connectivity index (χ4n) is 4.48. The van der Waals surface area contributed by atoms with Gasteiger partial charge in [0.1, 0.15) is 5.60 Å². The van der Waals surface area contributed by atoms with Crippen LogP contribution in [0.3, 0.4) is 0 Å². The molecule has 0 aliphatic carbocycles. The zero-order chi connectivity index (χ0) is 16.1. The van der Waals surface area contributed by atoms with Gasteiger partial charge in [0.15, 0.2) is 0 Å². The van der Waals surface area contributed by atoms with Crippen LogP contribution in [0, 0.1) is 11.3 Å². The molecule has 3 unspecified atom stereocenters. The van der Waals surface area contributed by atoms with Crippen molar-refractivity contribution in [3.63, 3.8) is 0 Å². The van der Waals surface area contributed by atoms with Gasteiger partial charge in [-0.25, -0.2) is 4.79 Å². The van der Waals surface area contributed by atoms with Crippen molar-refractivity contribution < 1.29 is 19.4 Å². The molecule has 1 spiro atoms. The molecule has 3 fully saturated rings. The number of carboxylic acids is 1. The Morgan fingerprint density at radius 3 is 2.32 bits per heavy atom. The summed E-state index contributed by atoms with van der Waals surface area (Å²) in [5.41, 5.74) is -0.849. The average Bonchev–Trinajstić information content (AvgIpc) is 2.89. The third-order valence-electron chi connectivity index (χ3n) is 5.24. The van der Waals surface area contributed by atoms with Crippen molar-refractivity contribution in [2.45, 2.75) is 64.1 Å². The minimum Gasteiger partial charge on any atom is -0.481 e. The van der Waals surface area contributed by atoms with Crippen molar-refractivity contribution in [3.8, 4) is 0 Å². The molecule has 3 saturated heterocycles. The second kappa shape index (κ2) is 5.11. The summed E-state index contributed by atoms with van der Waals surface area (Å²) in [5.74, 6) is -1.27. The normalized spacial score (nSPS) is 37.6. The van der Waals surface area contributed by atoms with Crippen molar-refractivity contribution in [3.05, 3.63) is 0 Å². The standard InChI is InChI=1S/C16H26N2O4/c1-15(2,3)22-14(21)18-8-12(13(19)20)16(9-18)6-10-4-5-11(7-16)17-10/h10-12,17H,4-9H2,1-3H3,(H,19,20). The van der Waals surface area contributed by atoms with Gasteiger partial charge in [-0.2, -0.15) is 0 Å². The van der Waals surface area contributed by atoms with E-state index in [1.54, 1.807) is 4.90 Å². The second-order valence-electron chi connectivity index (χ2n) is 8.16. The number of aliphatic carboxylic acids is 1. The Kier molecular flexibility index (Phi) is 3.62. The van der Waals surface area contributed by atoms with E-state index in [1.807, 2.05) is 20.8 Å². The molecular formula is C16H26N2O4. The van der Waals surface area contributed by atoms with Crippen molar-refractivity contribution in [2.24, 2.45) is 11.3 Å². The molecule has 0 aromatic carbocycles. The van der Waals surface area contributed by atoms with E-state index >= 15 is 0 Å². The number of amides is 1. The van der Waals surface area contributed by atoms with Crippen LogP contribution in [0.15, 0.2) is 0 Å². The molecule has 3 aliphatic rings. The smallest absolute Gasteiger partial charge is 0.410 e. The Bertz CT molecular complexity index is 473. The van der Waals surface area contributed by atoms with Crippen LogP contribution in [0.5, 0.6) is 0 Å². The molecular weight excluding hydrogens is 284 g/mol. The van der Waals surface area contributed by atoms with Crippen LogP contribution in [0.4, 0.5) is 4.79 Å². The molecule has 2 N–H and O–H groups in total. The third kappa shape index (κ3) is 2.81. The number of nitrogens with zero attached hydrogens (tertiary/aromatic N) is 1. The molecule has 2 bridgehead atoms. The maximum atomic E-state index is 12.3. The lowest BCUT2D eigenvalue weighted by Crippen LogP contribution is -2.49. The van der Waals surface area contributed by atoms with Gasteiger partial charge in [-0.1, -0.05) is 0 Å². The Morgan fingerprint density at radius 2 is 1.82 bits per heavy atom. The van der Waals surface area contributed by atoms with E-state index in [0.717, 1.165) is 25.7 Å². The van der Waals surface area contributed by atoms with Gasteiger partial charge in [0.05, 0.1) is 5.92 Å². The minimum atomic E-state index is -0.785. The first-order chi connectivity index (χ1) is 10.2. The third-order valence-corrected chi connectivity index (χ3v) is 5.24. The number of rotatable bonds is 1. The molecule has 3 aliphatic heterocycles. The van der Waals surface area contributed by atoms with E-state index in [9.17, 15) is 14.7 Å². The molecule has 6 heteroatoms. The number of fused-ring (bicyclic) bond motifs is 2. The highest BCUT2D eigenvalue weighted by Gasteiger charge is 2.56. The number of piperidine rings is 1. The van der Waals surface area contributed by atoms with E-state index in [1.165, 1.54) is 0 Å². The molecule has 0 radical (unpaired) electrons. The summed E-state index contributed by atoms with van der Waals surface area (Å²) in [6.07, 6.45) is 3.54. The summed E-state index contributed by atoms with van der Waals surface area (Å²) in [4.78, 5) is 25.7. The molecule has 124 valence electrons.